The van der Waals surface area contributed by atoms with Crippen molar-refractivity contribution in [3.8, 4) is 5.75 Å². The number of halogens is 1. The molecule has 0 aliphatic heterocycles. The van der Waals surface area contributed by atoms with Crippen molar-refractivity contribution in [1.29, 1.82) is 0 Å². The van der Waals surface area contributed by atoms with Crippen molar-refractivity contribution in [2.24, 2.45) is 0 Å². The van der Waals surface area contributed by atoms with Gasteiger partial charge >= 0.3 is 0 Å². The number of hydrogen-bond acceptors (Lipinski definition) is 4. The second kappa shape index (κ2) is 9.20. The number of benzene rings is 2. The first-order valence-corrected chi connectivity index (χ1v) is 10.6. The van der Waals surface area contributed by atoms with Gasteiger partial charge in [-0.3, -0.25) is 9.78 Å². The zero-order valence-electron chi connectivity index (χ0n) is 16.3. The van der Waals surface area contributed by atoms with Crippen LogP contribution >= 0.6 is 11.6 Å². The molecule has 0 amide bonds. The molecule has 0 saturated carbocycles. The van der Waals surface area contributed by atoms with Crippen LogP contribution in [-0.2, 0) is 11.0 Å². The number of aryl methyl sites for hydroxylation is 1. The monoisotopic (exact) mass is 428 g/mol. The van der Waals surface area contributed by atoms with Gasteiger partial charge in [-0.05, 0) is 75.4 Å². The molecule has 0 bridgehead atoms. The molecule has 1 atom stereocenters. The molecule has 0 radical (unpaired) electrons. The topological polar surface area (TPSA) is 68.3 Å². The minimum Gasteiger partial charge on any atom is -0.491 e. The summed E-state index contributed by atoms with van der Waals surface area (Å²) in [6, 6.07) is 15.2. The van der Waals surface area contributed by atoms with Crippen molar-refractivity contribution < 1.29 is 13.7 Å². The van der Waals surface area contributed by atoms with Crippen LogP contribution in [0.2, 0.25) is 5.02 Å². The molecular weight excluding hydrogens is 408 g/mol. The first-order chi connectivity index (χ1) is 13.8. The predicted octanol–water partition coefficient (Wildman–Crippen LogP) is 5.20. The Labute approximate surface area is 177 Å². The van der Waals surface area contributed by atoms with Crippen LogP contribution in [0.4, 0.5) is 5.69 Å². The number of nitrogens with zero attached hydrogens (tertiary/aromatic N) is 1. The zero-order valence-corrected chi connectivity index (χ0v) is 17.9. The van der Waals surface area contributed by atoms with E-state index in [1.165, 1.54) is 0 Å². The first-order valence-electron chi connectivity index (χ1n) is 9.05. The van der Waals surface area contributed by atoms with E-state index in [9.17, 15) is 9.00 Å². The molecule has 0 fully saturated rings. The van der Waals surface area contributed by atoms with Gasteiger partial charge in [0, 0.05) is 28.0 Å². The van der Waals surface area contributed by atoms with E-state index in [-0.39, 0.29) is 11.9 Å². The van der Waals surface area contributed by atoms with Crippen LogP contribution in [0.25, 0.3) is 0 Å². The number of anilines is 1. The summed E-state index contributed by atoms with van der Waals surface area (Å²) in [5.41, 5.74) is 2.01. The standard InChI is InChI=1S/C22H21ClN2O3S/c1-14(2)28-18-5-7-19(8-6-18)29(27)25-21-9-4-17(23)13-20(21)22(26)16-10-11-24-15(3)12-16/h4-14,25H,1-3H3. The number of rotatable bonds is 7. The summed E-state index contributed by atoms with van der Waals surface area (Å²) in [5, 5.41) is 0.422. The fraction of sp³-hybridized carbons (Fsp3) is 0.182. The minimum atomic E-state index is -1.56. The number of hydrogen-bond donors (Lipinski definition) is 1. The van der Waals surface area contributed by atoms with E-state index in [1.54, 1.807) is 60.8 Å². The number of ether oxygens (including phenoxy) is 1. The number of carbonyl (C=O) groups is 1. The molecule has 0 saturated heterocycles. The number of ketones is 1. The molecule has 1 aromatic heterocycles. The smallest absolute Gasteiger partial charge is 0.195 e. The Bertz CT molecular complexity index is 1050. The summed E-state index contributed by atoms with van der Waals surface area (Å²) in [6.45, 7) is 5.70. The quantitative estimate of drug-likeness (QED) is 0.525. The SMILES string of the molecule is Cc1cc(C(=O)c2cc(Cl)ccc2NS(=O)c2ccc(OC(C)C)cc2)ccn1. The predicted molar refractivity (Wildman–Crippen MR) is 116 cm³/mol. The summed E-state index contributed by atoms with van der Waals surface area (Å²) in [4.78, 5) is 17.7. The van der Waals surface area contributed by atoms with Crippen molar-refractivity contribution >= 4 is 34.1 Å². The molecule has 1 N–H and O–H groups in total. The highest BCUT2D eigenvalue weighted by Gasteiger charge is 2.17. The molecule has 150 valence electrons. The molecule has 29 heavy (non-hydrogen) atoms. The fourth-order valence-electron chi connectivity index (χ4n) is 2.71. The van der Waals surface area contributed by atoms with E-state index in [2.05, 4.69) is 9.71 Å². The molecule has 7 heteroatoms. The van der Waals surface area contributed by atoms with Gasteiger partial charge in [-0.1, -0.05) is 11.6 Å². The van der Waals surface area contributed by atoms with E-state index in [4.69, 9.17) is 16.3 Å². The largest absolute Gasteiger partial charge is 0.491 e. The Hall–Kier alpha value is -2.70. The van der Waals surface area contributed by atoms with Crippen molar-refractivity contribution in [3.63, 3.8) is 0 Å². The highest BCUT2D eigenvalue weighted by Crippen LogP contribution is 2.26. The highest BCUT2D eigenvalue weighted by atomic mass is 35.5. The van der Waals surface area contributed by atoms with Gasteiger partial charge in [0.1, 0.15) is 16.7 Å². The summed E-state index contributed by atoms with van der Waals surface area (Å²) < 4.78 is 21.3. The molecule has 3 rings (SSSR count). The molecule has 3 aromatic rings. The Morgan fingerprint density at radius 1 is 1.10 bits per heavy atom. The maximum Gasteiger partial charge on any atom is 0.195 e. The van der Waals surface area contributed by atoms with Gasteiger partial charge in [0.2, 0.25) is 0 Å². The number of nitrogens with one attached hydrogen (secondary N) is 1. The molecule has 1 heterocycles. The maximum atomic E-state index is 13.0. The Morgan fingerprint density at radius 2 is 1.83 bits per heavy atom. The van der Waals surface area contributed by atoms with Crippen LogP contribution in [0, 0.1) is 6.92 Å². The van der Waals surface area contributed by atoms with Gasteiger partial charge in [0.05, 0.1) is 16.7 Å². The van der Waals surface area contributed by atoms with Crippen LogP contribution in [0.3, 0.4) is 0 Å². The second-order valence-corrected chi connectivity index (χ2v) is 8.36. The fourth-order valence-corrected chi connectivity index (χ4v) is 3.76. The molecule has 2 aromatic carbocycles. The van der Waals surface area contributed by atoms with Gasteiger partial charge in [-0.15, -0.1) is 0 Å². The zero-order chi connectivity index (χ0) is 21.0. The van der Waals surface area contributed by atoms with E-state index in [0.29, 0.717) is 32.5 Å². The normalized spacial score (nSPS) is 11.9. The molecule has 0 spiro atoms. The summed E-state index contributed by atoms with van der Waals surface area (Å²) >= 11 is 6.11. The number of aromatic nitrogens is 1. The van der Waals surface area contributed by atoms with Crippen LogP contribution in [0.5, 0.6) is 5.75 Å². The van der Waals surface area contributed by atoms with Gasteiger partial charge < -0.3 is 9.46 Å². The average molecular weight is 429 g/mol. The third kappa shape index (κ3) is 5.43. The Balaban J connectivity index is 1.86. The number of pyridine rings is 1. The Kier molecular flexibility index (Phi) is 6.67. The maximum absolute atomic E-state index is 13.0. The Morgan fingerprint density at radius 3 is 2.48 bits per heavy atom. The van der Waals surface area contributed by atoms with Gasteiger partial charge in [0.15, 0.2) is 5.78 Å². The lowest BCUT2D eigenvalue weighted by Gasteiger charge is -2.13. The van der Waals surface area contributed by atoms with Crippen LogP contribution in [-0.4, -0.2) is 21.1 Å². The summed E-state index contributed by atoms with van der Waals surface area (Å²) in [5.74, 6) is 0.481. The van der Waals surface area contributed by atoms with E-state index in [0.717, 1.165) is 5.69 Å². The van der Waals surface area contributed by atoms with Crippen LogP contribution in [0.15, 0.2) is 65.7 Å². The average Bonchev–Trinajstić information content (AvgIpc) is 2.69. The lowest BCUT2D eigenvalue weighted by molar-refractivity contribution is 0.103. The summed E-state index contributed by atoms with van der Waals surface area (Å²) in [6.07, 6.45) is 1.64. The van der Waals surface area contributed by atoms with E-state index in [1.807, 2.05) is 20.8 Å². The van der Waals surface area contributed by atoms with Crippen LogP contribution in [0.1, 0.15) is 35.5 Å². The van der Waals surface area contributed by atoms with Gasteiger partial charge in [-0.2, -0.15) is 0 Å². The van der Waals surface area contributed by atoms with Gasteiger partial charge in [-0.25, -0.2) is 4.21 Å². The van der Waals surface area contributed by atoms with Crippen LogP contribution < -0.4 is 9.46 Å². The van der Waals surface area contributed by atoms with Gasteiger partial charge in [0.25, 0.3) is 0 Å². The van der Waals surface area contributed by atoms with Crippen molar-refractivity contribution in [2.75, 3.05) is 4.72 Å². The van der Waals surface area contributed by atoms with E-state index >= 15 is 0 Å². The third-order valence-corrected chi connectivity index (χ3v) is 5.34. The molecule has 5 nitrogen and oxygen atoms in total. The molecule has 0 aliphatic carbocycles. The van der Waals surface area contributed by atoms with E-state index < -0.39 is 11.0 Å². The molecule has 1 unspecified atom stereocenters. The van der Waals surface area contributed by atoms with Crippen molar-refractivity contribution in [1.82, 2.24) is 4.98 Å². The first kappa shape index (κ1) is 21.0. The minimum absolute atomic E-state index is 0.0592. The van der Waals surface area contributed by atoms with Crippen molar-refractivity contribution in [2.45, 2.75) is 31.8 Å². The highest BCUT2D eigenvalue weighted by molar-refractivity contribution is 7.86. The third-order valence-electron chi connectivity index (χ3n) is 4.00. The summed E-state index contributed by atoms with van der Waals surface area (Å²) in [7, 11) is -1.56. The molecule has 0 aliphatic rings. The molecular formula is C22H21ClN2O3S. The number of carbonyl (C=O) groups excluding carboxylic acids is 1. The van der Waals surface area contributed by atoms with Crippen molar-refractivity contribution in [3.05, 3.63) is 82.6 Å². The second-order valence-electron chi connectivity index (χ2n) is 6.71. The lowest BCUT2D eigenvalue weighted by Crippen LogP contribution is -2.11. The lowest BCUT2D eigenvalue weighted by atomic mass is 10.0.